The molecule has 0 fully saturated rings. The number of hydrogen-bond donors (Lipinski definition) is 3. The van der Waals surface area contributed by atoms with Crippen LogP contribution in [0.5, 0.6) is 5.75 Å². The summed E-state index contributed by atoms with van der Waals surface area (Å²) < 4.78 is 17.7. The van der Waals surface area contributed by atoms with Gasteiger partial charge in [0.1, 0.15) is 5.75 Å². The van der Waals surface area contributed by atoms with Crippen LogP contribution in [-0.4, -0.2) is 34.1 Å². The van der Waals surface area contributed by atoms with Crippen molar-refractivity contribution in [1.29, 1.82) is 0 Å². The molecule has 20 heavy (non-hydrogen) atoms. The van der Waals surface area contributed by atoms with Crippen molar-refractivity contribution >= 4 is 14.5 Å². The van der Waals surface area contributed by atoms with Gasteiger partial charge in [0.15, 0.2) is 0 Å². The van der Waals surface area contributed by atoms with Crippen molar-refractivity contribution in [2.75, 3.05) is 18.8 Å². The van der Waals surface area contributed by atoms with Crippen LogP contribution >= 0.6 is 0 Å². The van der Waals surface area contributed by atoms with Crippen molar-refractivity contribution in [3.8, 4) is 5.75 Å². The van der Waals surface area contributed by atoms with E-state index in [2.05, 4.69) is 0 Å². The SMILES string of the molecule is CC(CN)O[Si](C)(Oc1ccc(N)cc1)OC(C)CN. The lowest BCUT2D eigenvalue weighted by molar-refractivity contribution is 0.0539. The molecule has 0 aromatic heterocycles. The average molecular weight is 299 g/mol. The first-order valence-electron chi connectivity index (χ1n) is 6.69. The van der Waals surface area contributed by atoms with E-state index in [0.29, 0.717) is 24.5 Å². The Hall–Kier alpha value is -1.12. The first-order chi connectivity index (χ1) is 9.38. The summed E-state index contributed by atoms with van der Waals surface area (Å²) in [6.45, 7) is 6.39. The second-order valence-electron chi connectivity index (χ2n) is 4.86. The number of benzene rings is 1. The molecule has 6 N–H and O–H groups in total. The first kappa shape index (κ1) is 16.9. The van der Waals surface area contributed by atoms with Crippen molar-refractivity contribution in [2.24, 2.45) is 11.5 Å². The highest BCUT2D eigenvalue weighted by atomic mass is 28.4. The minimum atomic E-state index is -2.88. The molecule has 0 aliphatic rings. The van der Waals surface area contributed by atoms with Crippen LogP contribution in [0.4, 0.5) is 5.69 Å². The molecule has 7 heteroatoms. The zero-order valence-electron chi connectivity index (χ0n) is 12.3. The summed E-state index contributed by atoms with van der Waals surface area (Å²) in [7, 11) is -2.88. The fraction of sp³-hybridized carbons (Fsp3) is 0.538. The van der Waals surface area contributed by atoms with Gasteiger partial charge in [-0.3, -0.25) is 0 Å². The molecule has 2 atom stereocenters. The van der Waals surface area contributed by atoms with Crippen LogP contribution in [0.3, 0.4) is 0 Å². The average Bonchev–Trinajstić information content (AvgIpc) is 2.40. The largest absolute Gasteiger partial charge is 0.563 e. The summed E-state index contributed by atoms with van der Waals surface area (Å²) in [5.74, 6) is 0.654. The van der Waals surface area contributed by atoms with Gasteiger partial charge >= 0.3 is 8.80 Å². The van der Waals surface area contributed by atoms with E-state index in [1.54, 1.807) is 24.3 Å². The summed E-state index contributed by atoms with van der Waals surface area (Å²) in [6.07, 6.45) is -0.296. The van der Waals surface area contributed by atoms with Crippen LogP contribution < -0.4 is 21.6 Å². The highest BCUT2D eigenvalue weighted by Crippen LogP contribution is 2.21. The number of hydrogen-bond acceptors (Lipinski definition) is 6. The molecule has 0 bridgehead atoms. The van der Waals surface area contributed by atoms with E-state index in [1.807, 2.05) is 20.4 Å². The second-order valence-corrected chi connectivity index (χ2v) is 7.26. The Morgan fingerprint density at radius 2 is 1.45 bits per heavy atom. The lowest BCUT2D eigenvalue weighted by Gasteiger charge is -2.31. The predicted molar refractivity (Wildman–Crippen MR) is 82.3 cm³/mol. The third-order valence-corrected chi connectivity index (χ3v) is 4.95. The second kappa shape index (κ2) is 7.60. The molecule has 1 rings (SSSR count). The molecule has 114 valence electrons. The van der Waals surface area contributed by atoms with Crippen LogP contribution in [0.15, 0.2) is 24.3 Å². The smallest absolute Gasteiger partial charge is 0.501 e. The summed E-state index contributed by atoms with van der Waals surface area (Å²) in [5.41, 5.74) is 17.5. The first-order valence-corrected chi connectivity index (χ1v) is 8.91. The Balaban J connectivity index is 2.82. The van der Waals surface area contributed by atoms with Gasteiger partial charge in [-0.15, -0.1) is 0 Å². The van der Waals surface area contributed by atoms with Gasteiger partial charge in [-0.1, -0.05) is 0 Å². The third-order valence-electron chi connectivity index (χ3n) is 2.68. The van der Waals surface area contributed by atoms with Crippen LogP contribution in [0.2, 0.25) is 6.55 Å². The highest BCUT2D eigenvalue weighted by molar-refractivity contribution is 6.60. The third kappa shape index (κ3) is 5.47. The zero-order chi connectivity index (χ0) is 15.2. The minimum absolute atomic E-state index is 0.148. The van der Waals surface area contributed by atoms with Gasteiger partial charge in [-0.25, -0.2) is 0 Å². The molecule has 0 aliphatic heterocycles. The Bertz CT molecular complexity index is 390. The molecule has 0 radical (unpaired) electrons. The quantitative estimate of drug-likeness (QED) is 0.487. The van der Waals surface area contributed by atoms with E-state index in [0.717, 1.165) is 0 Å². The molecule has 1 aromatic rings. The van der Waals surface area contributed by atoms with E-state index in [-0.39, 0.29) is 12.2 Å². The van der Waals surface area contributed by atoms with Crippen LogP contribution in [0, 0.1) is 0 Å². The predicted octanol–water partition coefficient (Wildman–Crippen LogP) is 0.944. The lowest BCUT2D eigenvalue weighted by Crippen LogP contribution is -2.52. The van der Waals surface area contributed by atoms with Crippen molar-refractivity contribution in [1.82, 2.24) is 0 Å². The number of nitrogen functional groups attached to an aromatic ring is 1. The maximum Gasteiger partial charge on any atom is 0.563 e. The van der Waals surface area contributed by atoms with Crippen molar-refractivity contribution < 1.29 is 13.3 Å². The fourth-order valence-corrected chi connectivity index (χ4v) is 4.02. The standard InChI is InChI=1S/C13H25N3O3Si/c1-10(8-14)17-20(3,18-11(2)9-15)19-13-6-4-12(16)5-7-13/h4-7,10-11H,8-9,14-16H2,1-3H3. The maximum absolute atomic E-state index is 5.93. The van der Waals surface area contributed by atoms with Crippen molar-refractivity contribution in [2.45, 2.75) is 32.6 Å². The summed E-state index contributed by atoms with van der Waals surface area (Å²) in [5, 5.41) is 0. The van der Waals surface area contributed by atoms with Crippen LogP contribution in [0.1, 0.15) is 13.8 Å². The maximum atomic E-state index is 5.93. The number of anilines is 1. The Morgan fingerprint density at radius 3 is 1.85 bits per heavy atom. The number of nitrogens with two attached hydrogens (primary N) is 3. The van der Waals surface area contributed by atoms with E-state index >= 15 is 0 Å². The van der Waals surface area contributed by atoms with E-state index < -0.39 is 8.80 Å². The molecule has 1 aromatic carbocycles. The lowest BCUT2D eigenvalue weighted by atomic mass is 10.3. The molecular formula is C13H25N3O3Si. The highest BCUT2D eigenvalue weighted by Gasteiger charge is 2.40. The summed E-state index contributed by atoms with van der Waals surface area (Å²) in [6, 6.07) is 7.10. The molecule has 0 spiro atoms. The van der Waals surface area contributed by atoms with E-state index in [9.17, 15) is 0 Å². The van der Waals surface area contributed by atoms with Gasteiger partial charge in [-0.05, 0) is 38.1 Å². The van der Waals surface area contributed by atoms with Crippen LogP contribution in [0.25, 0.3) is 0 Å². The monoisotopic (exact) mass is 299 g/mol. The topological polar surface area (TPSA) is 106 Å². The fourth-order valence-electron chi connectivity index (χ4n) is 1.65. The Labute approximate surface area is 121 Å². The van der Waals surface area contributed by atoms with Crippen molar-refractivity contribution in [3.63, 3.8) is 0 Å². The minimum Gasteiger partial charge on any atom is -0.501 e. The van der Waals surface area contributed by atoms with Gasteiger partial charge in [0.05, 0.1) is 12.2 Å². The molecule has 0 saturated heterocycles. The zero-order valence-corrected chi connectivity index (χ0v) is 13.3. The summed E-state index contributed by atoms with van der Waals surface area (Å²) >= 11 is 0. The van der Waals surface area contributed by atoms with E-state index in [1.165, 1.54) is 0 Å². The molecule has 0 heterocycles. The number of rotatable bonds is 8. The molecule has 6 nitrogen and oxygen atoms in total. The molecular weight excluding hydrogens is 274 g/mol. The van der Waals surface area contributed by atoms with E-state index in [4.69, 9.17) is 30.5 Å². The van der Waals surface area contributed by atoms with Gasteiger partial charge in [0.2, 0.25) is 0 Å². The molecule has 0 aliphatic carbocycles. The Morgan fingerprint density at radius 1 is 1.00 bits per heavy atom. The van der Waals surface area contributed by atoms with Gasteiger partial charge in [-0.2, -0.15) is 0 Å². The van der Waals surface area contributed by atoms with Crippen molar-refractivity contribution in [3.05, 3.63) is 24.3 Å². The Kier molecular flexibility index (Phi) is 6.44. The van der Waals surface area contributed by atoms with Gasteiger partial charge in [0.25, 0.3) is 0 Å². The summed E-state index contributed by atoms with van der Waals surface area (Å²) in [4.78, 5) is 0. The molecule has 0 amide bonds. The normalized spacial score (nSPS) is 17.2. The molecule has 0 saturated carbocycles. The molecule has 2 unspecified atom stereocenters. The van der Waals surface area contributed by atoms with Gasteiger partial charge in [0, 0.05) is 25.3 Å². The van der Waals surface area contributed by atoms with Gasteiger partial charge < -0.3 is 30.5 Å². The van der Waals surface area contributed by atoms with Crippen LogP contribution in [-0.2, 0) is 8.85 Å².